The predicted octanol–water partition coefficient (Wildman–Crippen LogP) is 1.02. The number of amides is 2. The zero-order chi connectivity index (χ0) is 13.8. The lowest BCUT2D eigenvalue weighted by molar-refractivity contribution is -0.134. The molecule has 2 saturated heterocycles. The zero-order valence-electron chi connectivity index (χ0n) is 11.9. The quantitative estimate of drug-likeness (QED) is 0.751. The number of rotatable bonds is 2. The standard InChI is InChI=1S/C14H24N2O3/c1-11(17)15-7-3-13(4-8-15)19-14-5-9-16(10-6-14)12(2)18/h13-14H,3-10H2,1-2H3. The second kappa shape index (κ2) is 6.37. The molecule has 0 unspecified atom stereocenters. The maximum Gasteiger partial charge on any atom is 0.219 e. The van der Waals surface area contributed by atoms with Gasteiger partial charge in [-0.05, 0) is 25.7 Å². The number of hydrogen-bond acceptors (Lipinski definition) is 3. The maximum atomic E-state index is 11.2. The Bertz CT molecular complexity index is 298. The molecule has 2 heterocycles. The first-order chi connectivity index (χ1) is 9.06. The lowest BCUT2D eigenvalue weighted by Gasteiger charge is -2.36. The summed E-state index contributed by atoms with van der Waals surface area (Å²) in [5.41, 5.74) is 0. The highest BCUT2D eigenvalue weighted by molar-refractivity contribution is 5.73. The first-order valence-electron chi connectivity index (χ1n) is 7.22. The van der Waals surface area contributed by atoms with Gasteiger partial charge in [0.2, 0.25) is 11.8 Å². The van der Waals surface area contributed by atoms with Crippen molar-refractivity contribution in [1.82, 2.24) is 9.80 Å². The number of carbonyl (C=O) groups excluding carboxylic acids is 2. The molecule has 0 radical (unpaired) electrons. The number of nitrogens with zero attached hydrogens (tertiary/aromatic N) is 2. The average Bonchev–Trinajstić information content (AvgIpc) is 2.40. The van der Waals surface area contributed by atoms with E-state index < -0.39 is 0 Å². The van der Waals surface area contributed by atoms with E-state index in [-0.39, 0.29) is 24.0 Å². The normalized spacial score (nSPS) is 22.6. The van der Waals surface area contributed by atoms with Gasteiger partial charge in [-0.15, -0.1) is 0 Å². The van der Waals surface area contributed by atoms with Gasteiger partial charge >= 0.3 is 0 Å². The molecule has 5 nitrogen and oxygen atoms in total. The van der Waals surface area contributed by atoms with Crippen LogP contribution in [0.5, 0.6) is 0 Å². The van der Waals surface area contributed by atoms with Gasteiger partial charge in [-0.2, -0.15) is 0 Å². The van der Waals surface area contributed by atoms with E-state index in [0.29, 0.717) is 0 Å². The highest BCUT2D eigenvalue weighted by Crippen LogP contribution is 2.21. The van der Waals surface area contributed by atoms with E-state index in [1.54, 1.807) is 13.8 Å². The molecule has 0 saturated carbocycles. The van der Waals surface area contributed by atoms with Crippen molar-refractivity contribution in [2.45, 2.75) is 51.7 Å². The molecule has 0 atom stereocenters. The van der Waals surface area contributed by atoms with Crippen molar-refractivity contribution in [3.8, 4) is 0 Å². The summed E-state index contributed by atoms with van der Waals surface area (Å²) in [7, 11) is 0. The van der Waals surface area contributed by atoms with Crippen molar-refractivity contribution in [1.29, 1.82) is 0 Å². The van der Waals surface area contributed by atoms with E-state index in [1.807, 2.05) is 9.80 Å². The van der Waals surface area contributed by atoms with Gasteiger partial charge in [-0.25, -0.2) is 0 Å². The molecule has 2 fully saturated rings. The van der Waals surface area contributed by atoms with E-state index in [1.165, 1.54) is 0 Å². The summed E-state index contributed by atoms with van der Waals surface area (Å²) in [6.45, 7) is 6.49. The molecule has 0 N–H and O–H groups in total. The summed E-state index contributed by atoms with van der Waals surface area (Å²) in [5.74, 6) is 0.321. The minimum atomic E-state index is 0.160. The van der Waals surface area contributed by atoms with Crippen molar-refractivity contribution in [3.63, 3.8) is 0 Å². The highest BCUT2D eigenvalue weighted by Gasteiger charge is 2.26. The van der Waals surface area contributed by atoms with Crippen LogP contribution < -0.4 is 0 Å². The van der Waals surface area contributed by atoms with Crippen LogP contribution in [-0.2, 0) is 14.3 Å². The Morgan fingerprint density at radius 3 is 1.37 bits per heavy atom. The first-order valence-corrected chi connectivity index (χ1v) is 7.22. The molecule has 0 spiro atoms. The minimum Gasteiger partial charge on any atom is -0.375 e. The third-order valence-corrected chi connectivity index (χ3v) is 4.16. The van der Waals surface area contributed by atoms with Crippen LogP contribution in [0.2, 0.25) is 0 Å². The second-order valence-electron chi connectivity index (χ2n) is 5.55. The molecule has 0 aromatic carbocycles. The van der Waals surface area contributed by atoms with E-state index >= 15 is 0 Å². The Hall–Kier alpha value is -1.10. The van der Waals surface area contributed by atoms with Crippen LogP contribution in [-0.4, -0.2) is 60.0 Å². The third kappa shape index (κ3) is 3.93. The van der Waals surface area contributed by atoms with Gasteiger partial charge in [0.25, 0.3) is 0 Å². The molecular weight excluding hydrogens is 244 g/mol. The van der Waals surface area contributed by atoms with Crippen molar-refractivity contribution in [3.05, 3.63) is 0 Å². The van der Waals surface area contributed by atoms with E-state index in [9.17, 15) is 9.59 Å². The second-order valence-corrected chi connectivity index (χ2v) is 5.55. The van der Waals surface area contributed by atoms with Gasteiger partial charge in [-0.3, -0.25) is 9.59 Å². The molecule has 0 aromatic rings. The Morgan fingerprint density at radius 2 is 1.11 bits per heavy atom. The van der Waals surface area contributed by atoms with Gasteiger partial charge in [0.1, 0.15) is 0 Å². The summed E-state index contributed by atoms with van der Waals surface area (Å²) < 4.78 is 6.11. The summed E-state index contributed by atoms with van der Waals surface area (Å²) in [5, 5.41) is 0. The smallest absolute Gasteiger partial charge is 0.219 e. The lowest BCUT2D eigenvalue weighted by Crippen LogP contribution is -2.44. The lowest BCUT2D eigenvalue weighted by atomic mass is 10.0. The van der Waals surface area contributed by atoms with E-state index in [2.05, 4.69) is 0 Å². The maximum absolute atomic E-state index is 11.2. The molecule has 2 aliphatic heterocycles. The third-order valence-electron chi connectivity index (χ3n) is 4.16. The van der Waals surface area contributed by atoms with Crippen LogP contribution in [0.25, 0.3) is 0 Å². The molecule has 0 aliphatic carbocycles. The van der Waals surface area contributed by atoms with Crippen LogP contribution in [0.4, 0.5) is 0 Å². The molecule has 19 heavy (non-hydrogen) atoms. The van der Waals surface area contributed by atoms with Gasteiger partial charge in [0, 0.05) is 40.0 Å². The number of piperidine rings is 2. The summed E-state index contributed by atoms with van der Waals surface area (Å²) in [4.78, 5) is 26.3. The molecular formula is C14H24N2O3. The van der Waals surface area contributed by atoms with Gasteiger partial charge in [-0.1, -0.05) is 0 Å². The first kappa shape index (κ1) is 14.3. The Morgan fingerprint density at radius 1 is 0.789 bits per heavy atom. The van der Waals surface area contributed by atoms with Crippen LogP contribution in [0.3, 0.4) is 0 Å². The monoisotopic (exact) mass is 268 g/mol. The highest BCUT2D eigenvalue weighted by atomic mass is 16.5. The van der Waals surface area contributed by atoms with Crippen molar-refractivity contribution >= 4 is 11.8 Å². The Balaban J connectivity index is 1.69. The van der Waals surface area contributed by atoms with Crippen LogP contribution in [0.1, 0.15) is 39.5 Å². The molecule has 2 aliphatic rings. The van der Waals surface area contributed by atoms with Crippen LogP contribution in [0, 0.1) is 0 Å². The largest absolute Gasteiger partial charge is 0.375 e. The van der Waals surface area contributed by atoms with Gasteiger partial charge < -0.3 is 14.5 Å². The minimum absolute atomic E-state index is 0.160. The van der Waals surface area contributed by atoms with Crippen LogP contribution >= 0.6 is 0 Å². The molecule has 108 valence electrons. The number of hydrogen-bond donors (Lipinski definition) is 0. The van der Waals surface area contributed by atoms with Gasteiger partial charge in [0.15, 0.2) is 0 Å². The average molecular weight is 268 g/mol. The van der Waals surface area contributed by atoms with Gasteiger partial charge in [0.05, 0.1) is 12.2 Å². The Labute approximate surface area is 114 Å². The topological polar surface area (TPSA) is 49.9 Å². The predicted molar refractivity (Wildman–Crippen MR) is 71.6 cm³/mol. The summed E-state index contributed by atoms with van der Waals surface area (Å²) in [6, 6.07) is 0. The molecule has 0 bridgehead atoms. The SMILES string of the molecule is CC(=O)N1CCC(OC2CCN(C(C)=O)CC2)CC1. The molecule has 2 amide bonds. The molecule has 5 heteroatoms. The fourth-order valence-corrected chi connectivity index (χ4v) is 2.89. The van der Waals surface area contributed by atoms with Crippen molar-refractivity contribution in [2.75, 3.05) is 26.2 Å². The summed E-state index contributed by atoms with van der Waals surface area (Å²) in [6.07, 6.45) is 4.31. The summed E-state index contributed by atoms with van der Waals surface area (Å²) >= 11 is 0. The van der Waals surface area contributed by atoms with E-state index in [4.69, 9.17) is 4.74 Å². The Kier molecular flexibility index (Phi) is 4.80. The fourth-order valence-electron chi connectivity index (χ4n) is 2.89. The van der Waals surface area contributed by atoms with Crippen LogP contribution in [0.15, 0.2) is 0 Å². The molecule has 0 aromatic heterocycles. The van der Waals surface area contributed by atoms with E-state index in [0.717, 1.165) is 51.9 Å². The fraction of sp³-hybridized carbons (Fsp3) is 0.857. The number of carbonyl (C=O) groups is 2. The number of likely N-dealkylation sites (tertiary alicyclic amines) is 2. The molecule has 2 rings (SSSR count). The van der Waals surface area contributed by atoms with Crippen molar-refractivity contribution in [2.24, 2.45) is 0 Å². The van der Waals surface area contributed by atoms with Crippen molar-refractivity contribution < 1.29 is 14.3 Å². The zero-order valence-corrected chi connectivity index (χ0v) is 11.9. The number of ether oxygens (including phenoxy) is 1.